The molecule has 186 valence electrons. The van der Waals surface area contributed by atoms with Crippen LogP contribution >= 0.6 is 0 Å². The third-order valence-corrected chi connectivity index (χ3v) is 9.36. The predicted octanol–water partition coefficient (Wildman–Crippen LogP) is 5.89. The Morgan fingerprint density at radius 1 is 1.05 bits per heavy atom. The maximum absolute atomic E-state index is 14.0. The number of nitriles is 1. The first kappa shape index (κ1) is 23.6. The van der Waals surface area contributed by atoms with Gasteiger partial charge in [-0.1, -0.05) is 43.3 Å². The zero-order valence-electron chi connectivity index (χ0n) is 21.2. The first-order chi connectivity index (χ1) is 17.9. The van der Waals surface area contributed by atoms with E-state index >= 15 is 0 Å². The van der Waals surface area contributed by atoms with Gasteiger partial charge in [0.2, 0.25) is 0 Å². The van der Waals surface area contributed by atoms with Crippen LogP contribution in [0.1, 0.15) is 47.7 Å². The number of benzene rings is 2. The molecule has 6 rings (SSSR count). The van der Waals surface area contributed by atoms with Gasteiger partial charge >= 0.3 is 5.97 Å². The van der Waals surface area contributed by atoms with Crippen LogP contribution < -0.4 is 0 Å². The van der Waals surface area contributed by atoms with Gasteiger partial charge in [0, 0.05) is 23.9 Å². The van der Waals surface area contributed by atoms with Crippen molar-refractivity contribution in [1.82, 2.24) is 4.98 Å². The molecule has 2 aromatic carbocycles. The molecule has 0 saturated heterocycles. The summed E-state index contributed by atoms with van der Waals surface area (Å²) in [6, 6.07) is 21.5. The minimum atomic E-state index is -0.354. The van der Waals surface area contributed by atoms with Gasteiger partial charge in [-0.15, -0.1) is 0 Å². The van der Waals surface area contributed by atoms with Crippen molar-refractivity contribution in [2.45, 2.75) is 32.6 Å². The van der Waals surface area contributed by atoms with Crippen LogP contribution in [0, 0.1) is 45.8 Å². The Morgan fingerprint density at radius 3 is 2.35 bits per heavy atom. The zero-order chi connectivity index (χ0) is 25.8. The molecule has 0 amide bonds. The number of ketones is 1. The summed E-state index contributed by atoms with van der Waals surface area (Å²) in [7, 11) is 1.44. The van der Waals surface area contributed by atoms with E-state index in [0.29, 0.717) is 17.9 Å². The molecule has 3 fully saturated rings. The Kier molecular flexibility index (Phi) is 5.53. The molecule has 0 aliphatic heterocycles. The zero-order valence-corrected chi connectivity index (χ0v) is 21.2. The summed E-state index contributed by atoms with van der Waals surface area (Å²) < 4.78 is 5.25. The molecule has 1 heterocycles. The summed E-state index contributed by atoms with van der Waals surface area (Å²) in [5.41, 5.74) is 4.24. The highest BCUT2D eigenvalue weighted by atomic mass is 16.5. The summed E-state index contributed by atoms with van der Waals surface area (Å²) in [6.45, 7) is 2.15. The number of carbonyl (C=O) groups excluding carboxylic acids is 2. The van der Waals surface area contributed by atoms with E-state index in [9.17, 15) is 14.9 Å². The van der Waals surface area contributed by atoms with Crippen LogP contribution in [0.15, 0.2) is 73.1 Å². The average molecular weight is 491 g/mol. The van der Waals surface area contributed by atoms with Crippen molar-refractivity contribution in [3.05, 3.63) is 89.7 Å². The van der Waals surface area contributed by atoms with Crippen LogP contribution in [-0.2, 0) is 16.0 Å². The number of fused-ring (bicyclic) bond motifs is 1. The van der Waals surface area contributed by atoms with Crippen LogP contribution in [0.5, 0.6) is 0 Å². The third kappa shape index (κ3) is 4.05. The number of hydrogen-bond acceptors (Lipinski definition) is 5. The molecule has 5 nitrogen and oxygen atoms in total. The number of esters is 1. The van der Waals surface area contributed by atoms with Gasteiger partial charge in [0.1, 0.15) is 0 Å². The number of hydrogen-bond donors (Lipinski definition) is 0. The Balaban J connectivity index is 1.26. The van der Waals surface area contributed by atoms with Crippen molar-refractivity contribution in [2.75, 3.05) is 7.11 Å². The number of methoxy groups -OCH3 is 1. The molecule has 3 aromatic rings. The van der Waals surface area contributed by atoms with Gasteiger partial charge in [0.05, 0.1) is 24.7 Å². The van der Waals surface area contributed by atoms with E-state index in [1.807, 2.05) is 54.6 Å². The smallest absolute Gasteiger partial charge is 0.309 e. The van der Waals surface area contributed by atoms with E-state index < -0.39 is 0 Å². The maximum atomic E-state index is 14.0. The van der Waals surface area contributed by atoms with Gasteiger partial charge < -0.3 is 4.74 Å². The van der Waals surface area contributed by atoms with Crippen LogP contribution in [0.2, 0.25) is 0 Å². The van der Waals surface area contributed by atoms with Crippen LogP contribution in [0.25, 0.3) is 11.1 Å². The van der Waals surface area contributed by atoms with E-state index in [-0.39, 0.29) is 40.3 Å². The molecule has 5 heteroatoms. The molecule has 2 unspecified atom stereocenters. The minimum absolute atomic E-state index is 0.0631. The molecule has 3 aliphatic rings. The summed E-state index contributed by atoms with van der Waals surface area (Å²) in [6.07, 6.45) is 7.13. The van der Waals surface area contributed by atoms with Crippen molar-refractivity contribution in [3.63, 3.8) is 0 Å². The number of aromatic nitrogens is 1. The predicted molar refractivity (Wildman–Crippen MR) is 139 cm³/mol. The van der Waals surface area contributed by atoms with E-state index in [1.165, 1.54) is 7.11 Å². The lowest BCUT2D eigenvalue weighted by Crippen LogP contribution is -2.32. The largest absolute Gasteiger partial charge is 0.469 e. The first-order valence-electron chi connectivity index (χ1n) is 13.0. The molecule has 1 aromatic heterocycles. The molecule has 37 heavy (non-hydrogen) atoms. The number of nitrogens with zero attached hydrogens (tertiary/aromatic N) is 2. The van der Waals surface area contributed by atoms with E-state index in [1.54, 1.807) is 18.5 Å². The van der Waals surface area contributed by atoms with Crippen molar-refractivity contribution < 1.29 is 14.3 Å². The van der Waals surface area contributed by atoms with Crippen LogP contribution in [0.4, 0.5) is 0 Å². The van der Waals surface area contributed by atoms with E-state index in [4.69, 9.17) is 4.74 Å². The lowest BCUT2D eigenvalue weighted by atomic mass is 9.76. The molecule has 0 spiro atoms. The van der Waals surface area contributed by atoms with Gasteiger partial charge in [-0.2, -0.15) is 5.26 Å². The maximum Gasteiger partial charge on any atom is 0.309 e. The number of carbonyl (C=O) groups is 2. The summed E-state index contributed by atoms with van der Waals surface area (Å²) >= 11 is 0. The quantitative estimate of drug-likeness (QED) is 0.276. The fourth-order valence-electron chi connectivity index (χ4n) is 6.69. The molecule has 0 radical (unpaired) electrons. The number of ether oxygens (including phenoxy) is 1. The average Bonchev–Trinajstić information content (AvgIpc) is 3.87. The van der Waals surface area contributed by atoms with Crippen LogP contribution in [0.3, 0.4) is 0 Å². The van der Waals surface area contributed by atoms with Gasteiger partial charge in [-0.05, 0) is 89.3 Å². The fraction of sp³-hybridized carbons (Fsp3) is 0.375. The van der Waals surface area contributed by atoms with Gasteiger partial charge in [0.25, 0.3) is 0 Å². The van der Waals surface area contributed by atoms with Crippen molar-refractivity contribution in [1.29, 1.82) is 5.26 Å². The highest BCUT2D eigenvalue weighted by Gasteiger charge is 2.79. The SMILES string of the molecule is COC(=O)C(Cc1cccc(C#N)c1)[C@@]1(C)C[C@H]1C(C(=O)c1ccc(-c2ccncc2)cc1)C12CC1C2. The standard InChI is InChI=1S/C32H30N2O3/c1-31(26(30(36)37-2)15-20-4-3-5-21(14-20)19-33)18-27(31)28(32-16-25(32)17-32)29(35)24-8-6-22(7-9-24)23-10-12-34-13-11-23/h3-14,25-28H,15-18H2,1-2H3/t25?,26?,27-,28?,31+,32?/m0/s1. The van der Waals surface area contributed by atoms with Crippen LogP contribution in [-0.4, -0.2) is 23.8 Å². The second-order valence-electron chi connectivity index (χ2n) is 11.4. The first-order valence-corrected chi connectivity index (χ1v) is 13.0. The number of rotatable bonds is 9. The summed E-state index contributed by atoms with van der Waals surface area (Å²) in [5, 5.41) is 9.31. The highest BCUT2D eigenvalue weighted by Crippen LogP contribution is 2.83. The number of Topliss-reactive ketones (excluding diaryl/α,β-unsaturated/α-hetero) is 1. The Hall–Kier alpha value is -3.78. The Labute approximate surface area is 217 Å². The second kappa shape index (κ2) is 8.66. The lowest BCUT2D eigenvalue weighted by molar-refractivity contribution is -0.148. The van der Waals surface area contributed by atoms with Gasteiger partial charge in [-0.25, -0.2) is 0 Å². The fourth-order valence-corrected chi connectivity index (χ4v) is 6.69. The van der Waals surface area contributed by atoms with Gasteiger partial charge in [0.15, 0.2) is 5.78 Å². The Bertz CT molecular complexity index is 1400. The topological polar surface area (TPSA) is 80.0 Å². The molecular formula is C32H30N2O3. The molecule has 0 N–H and O–H groups in total. The molecule has 0 bridgehead atoms. The lowest BCUT2D eigenvalue weighted by Gasteiger charge is -2.27. The summed E-state index contributed by atoms with van der Waals surface area (Å²) in [4.78, 5) is 31.1. The molecule has 3 aliphatic carbocycles. The molecule has 3 saturated carbocycles. The van der Waals surface area contributed by atoms with Crippen molar-refractivity contribution in [3.8, 4) is 17.2 Å². The van der Waals surface area contributed by atoms with Crippen molar-refractivity contribution in [2.24, 2.45) is 34.5 Å². The highest BCUT2D eigenvalue weighted by molar-refractivity contribution is 6.00. The normalized spacial score (nSPS) is 28.2. The number of pyridine rings is 1. The second-order valence-corrected chi connectivity index (χ2v) is 11.4. The minimum Gasteiger partial charge on any atom is -0.469 e. The van der Waals surface area contributed by atoms with E-state index in [2.05, 4.69) is 18.0 Å². The molecule has 4 atom stereocenters. The summed E-state index contributed by atoms with van der Waals surface area (Å²) in [5.74, 6) is 0.368. The van der Waals surface area contributed by atoms with E-state index in [0.717, 1.165) is 41.5 Å². The Morgan fingerprint density at radius 2 is 1.73 bits per heavy atom. The van der Waals surface area contributed by atoms with Gasteiger partial charge in [-0.3, -0.25) is 14.6 Å². The molecular weight excluding hydrogens is 460 g/mol. The monoisotopic (exact) mass is 490 g/mol. The van der Waals surface area contributed by atoms with Crippen molar-refractivity contribution >= 4 is 11.8 Å². The third-order valence-electron chi connectivity index (χ3n) is 9.36.